The van der Waals surface area contributed by atoms with Crippen molar-refractivity contribution in [2.75, 3.05) is 49.1 Å². The molecule has 0 radical (unpaired) electrons. The molecule has 0 saturated heterocycles. The lowest BCUT2D eigenvalue weighted by atomic mass is 10.0. The fourth-order valence-electron chi connectivity index (χ4n) is 10.4. The lowest BCUT2D eigenvalue weighted by Crippen LogP contribution is -2.26. The molecule has 0 fully saturated rings. The first-order chi connectivity index (χ1) is 49.3. The van der Waals surface area contributed by atoms with Crippen molar-refractivity contribution in [2.45, 2.75) is 83.1 Å². The number of nitrogens with two attached hydrogens (primary N) is 1. The molecule has 106 heavy (non-hydrogen) atoms. The zero-order valence-electron chi connectivity index (χ0n) is 57.7. The van der Waals surface area contributed by atoms with Crippen molar-refractivity contribution in [2.24, 2.45) is 0 Å². The molecule has 0 atom stereocenters. The number of aliphatic hydroxyl groups excluding tert-OH is 1. The van der Waals surface area contributed by atoms with Crippen LogP contribution in [0.3, 0.4) is 0 Å². The fraction of sp³-hybridized carbons (Fsp3) is 0.182. The monoisotopic (exact) mass is 1440 g/mol. The van der Waals surface area contributed by atoms with Gasteiger partial charge in [-0.15, -0.1) is 0 Å². The number of hydrogen-bond donors (Lipinski definition) is 7. The number of hydrogen-bond acceptors (Lipinski definition) is 15. The van der Waals surface area contributed by atoms with Crippen LogP contribution in [0.15, 0.2) is 267 Å². The number of ether oxygens (including phenoxy) is 2. The first-order valence-corrected chi connectivity index (χ1v) is 33.2. The van der Waals surface area contributed by atoms with E-state index in [-0.39, 0.29) is 66.3 Å². The number of benzene rings is 8. The SMILES string of the molecule is C.C.C.C.COC(=O)c1ccc(N)cc1.COC(=O)c1ccc(Nc2cc(Cc3cccc(C)c3)ccn2)cc1.Cc1cccc(Cc2ccnc(Cl)c2)c1.Cc1cccc(Cc2ccnc(Nc3ccc(C(=O)NCCO)cc3)c2)c1.Cc1cccc(Cc2ccnc(Nc3ccc(C(=O)O)cc3)c2)c1. The van der Waals surface area contributed by atoms with Crippen LogP contribution in [0.4, 0.5) is 40.2 Å². The van der Waals surface area contributed by atoms with Crippen LogP contribution in [-0.4, -0.2) is 81.3 Å². The second-order valence-electron chi connectivity index (χ2n) is 23.8. The number of halogens is 1. The second-order valence-corrected chi connectivity index (χ2v) is 24.2. The number of amides is 1. The Morgan fingerprint density at radius 3 is 0.981 bits per heavy atom. The Kier molecular flexibility index (Phi) is 36.5. The Hall–Kier alpha value is -12.3. The molecule has 0 aliphatic rings. The summed E-state index contributed by atoms with van der Waals surface area (Å²) >= 11 is 5.83. The standard InChI is InChI=1S/C22H23N3O2.C21H20N2O2.C20H18N2O2.C13H12ClN.C8H9NO2.4CH4/c1-16-3-2-4-17(13-16)14-18-9-10-23-21(15-18)25-20-7-5-19(6-8-20)22(27)24-11-12-26;1-15-4-3-5-16(12-15)13-17-10-11-22-20(14-17)23-19-8-6-18(7-9-19)21(24)25-2;1-14-3-2-4-15(11-14)12-16-9-10-21-19(13-16)22-18-7-5-17(6-8-18)20(23)24;1-10-3-2-4-11(7-10)8-12-5-6-15-13(14)9-12;1-11-8(10)6-2-4-7(9)5-3-6;;;;/h2-10,13,15,26H,11-12,14H2,1H3,(H,23,25)(H,24,27);3-12,14H,13H2,1-2H3,(H,22,23);2-11,13H,12H2,1H3,(H,21,22)(H,23,24);2-7,9H,8H2,1H3;2-5H,9H2,1H3;4*1H4. The van der Waals surface area contributed by atoms with Crippen molar-refractivity contribution in [3.05, 3.63) is 362 Å². The average molecular weight is 1450 g/mol. The van der Waals surface area contributed by atoms with Crippen molar-refractivity contribution in [1.29, 1.82) is 0 Å². The number of carbonyl (C=O) groups is 4. The Labute approximate surface area is 630 Å². The molecule has 8 aromatic carbocycles. The molecular formula is C88H98ClN9O8. The third-order valence-corrected chi connectivity index (χ3v) is 15.6. The number of methoxy groups -OCH3 is 2. The highest BCUT2D eigenvalue weighted by Gasteiger charge is 2.10. The van der Waals surface area contributed by atoms with Crippen molar-refractivity contribution in [3.63, 3.8) is 0 Å². The van der Waals surface area contributed by atoms with Crippen LogP contribution >= 0.6 is 11.6 Å². The number of aryl methyl sites for hydroxylation is 4. The Morgan fingerprint density at radius 1 is 0.387 bits per heavy atom. The number of anilines is 7. The van der Waals surface area contributed by atoms with Crippen LogP contribution in [0.1, 0.15) is 138 Å². The lowest BCUT2D eigenvalue weighted by Gasteiger charge is -2.09. The first-order valence-electron chi connectivity index (χ1n) is 32.8. The summed E-state index contributed by atoms with van der Waals surface area (Å²) in [5.74, 6) is 0.459. The number of aromatic nitrogens is 4. The molecule has 12 rings (SSSR count). The number of aliphatic hydroxyl groups is 1. The number of carboxylic acids is 1. The van der Waals surface area contributed by atoms with E-state index in [9.17, 15) is 19.2 Å². The van der Waals surface area contributed by atoms with E-state index < -0.39 is 5.97 Å². The Morgan fingerprint density at radius 2 is 0.679 bits per heavy atom. The number of aromatic carboxylic acids is 1. The summed E-state index contributed by atoms with van der Waals surface area (Å²) in [5, 5.41) is 30.6. The van der Waals surface area contributed by atoms with Crippen LogP contribution in [0, 0.1) is 27.7 Å². The van der Waals surface area contributed by atoms with Crippen LogP contribution in [0.2, 0.25) is 5.15 Å². The normalized spacial score (nSPS) is 9.85. The molecule has 12 aromatic rings. The number of nitrogens with one attached hydrogen (secondary N) is 4. The molecule has 4 heterocycles. The Bertz CT molecular complexity index is 4650. The minimum atomic E-state index is -0.931. The molecule has 0 aliphatic carbocycles. The number of pyridine rings is 4. The van der Waals surface area contributed by atoms with Crippen LogP contribution in [0.5, 0.6) is 0 Å². The van der Waals surface area contributed by atoms with Gasteiger partial charge in [-0.2, -0.15) is 0 Å². The van der Waals surface area contributed by atoms with Gasteiger partial charge in [-0.05, 0) is 243 Å². The summed E-state index contributed by atoms with van der Waals surface area (Å²) in [5.41, 5.74) is 25.3. The molecule has 0 bridgehead atoms. The van der Waals surface area contributed by atoms with Gasteiger partial charge in [-0.25, -0.2) is 34.3 Å². The molecule has 0 saturated carbocycles. The molecule has 1 amide bonds. The highest BCUT2D eigenvalue weighted by molar-refractivity contribution is 6.29. The maximum Gasteiger partial charge on any atom is 0.337 e. The third kappa shape index (κ3) is 29.6. The van der Waals surface area contributed by atoms with E-state index in [0.29, 0.717) is 27.5 Å². The number of esters is 2. The third-order valence-electron chi connectivity index (χ3n) is 15.4. The fourth-order valence-corrected chi connectivity index (χ4v) is 10.6. The minimum absolute atomic E-state index is 0. The summed E-state index contributed by atoms with van der Waals surface area (Å²) < 4.78 is 9.20. The number of nitrogen functional groups attached to an aromatic ring is 1. The zero-order chi connectivity index (χ0) is 72.6. The van der Waals surface area contributed by atoms with Gasteiger partial charge in [-0.3, -0.25) is 4.79 Å². The minimum Gasteiger partial charge on any atom is -0.478 e. The van der Waals surface area contributed by atoms with E-state index in [4.69, 9.17) is 32.3 Å². The van der Waals surface area contributed by atoms with Crippen LogP contribution in [-0.2, 0) is 35.2 Å². The number of rotatable bonds is 20. The van der Waals surface area contributed by atoms with Crippen LogP contribution in [0.25, 0.3) is 0 Å². The molecule has 18 heteroatoms. The Balaban J connectivity index is 0.000000285. The van der Waals surface area contributed by atoms with E-state index in [1.807, 2.05) is 72.8 Å². The zero-order valence-corrected chi connectivity index (χ0v) is 58.5. The van der Waals surface area contributed by atoms with Gasteiger partial charge in [0.2, 0.25) is 0 Å². The topological polar surface area (TPSA) is 253 Å². The number of carboxylic acid groups (broad SMARTS) is 1. The van der Waals surface area contributed by atoms with Gasteiger partial charge >= 0.3 is 17.9 Å². The van der Waals surface area contributed by atoms with Crippen molar-refractivity contribution >= 4 is 75.6 Å². The maximum absolute atomic E-state index is 11.9. The van der Waals surface area contributed by atoms with Gasteiger partial charge < -0.3 is 46.7 Å². The first kappa shape index (κ1) is 86.1. The summed E-state index contributed by atoms with van der Waals surface area (Å²) in [6.07, 6.45) is 10.6. The van der Waals surface area contributed by atoms with Gasteiger partial charge in [0.15, 0.2) is 0 Å². The largest absolute Gasteiger partial charge is 0.478 e. The smallest absolute Gasteiger partial charge is 0.337 e. The van der Waals surface area contributed by atoms with Crippen molar-refractivity contribution in [1.82, 2.24) is 25.3 Å². The van der Waals surface area contributed by atoms with Gasteiger partial charge in [0.1, 0.15) is 22.6 Å². The highest BCUT2D eigenvalue weighted by Crippen LogP contribution is 2.23. The summed E-state index contributed by atoms with van der Waals surface area (Å²) in [4.78, 5) is 62.1. The van der Waals surface area contributed by atoms with Crippen molar-refractivity contribution in [3.8, 4) is 0 Å². The number of nitrogens with zero attached hydrogens (tertiary/aromatic N) is 4. The van der Waals surface area contributed by atoms with Crippen molar-refractivity contribution < 1.29 is 38.9 Å². The second kappa shape index (κ2) is 44.9. The lowest BCUT2D eigenvalue weighted by molar-refractivity contribution is 0.0592. The molecule has 4 aromatic heterocycles. The highest BCUT2D eigenvalue weighted by atomic mass is 35.5. The maximum atomic E-state index is 11.9. The van der Waals surface area contributed by atoms with E-state index in [1.165, 1.54) is 81.0 Å². The summed E-state index contributed by atoms with van der Waals surface area (Å²) in [6, 6.07) is 77.4. The van der Waals surface area contributed by atoms with E-state index in [2.05, 4.69) is 171 Å². The summed E-state index contributed by atoms with van der Waals surface area (Å²) in [7, 11) is 2.72. The quantitative estimate of drug-likeness (QED) is 0.0213. The molecular weight excluding hydrogens is 1350 g/mol. The molecule has 17 nitrogen and oxygen atoms in total. The van der Waals surface area contributed by atoms with E-state index in [0.717, 1.165) is 60.2 Å². The predicted octanol–water partition coefficient (Wildman–Crippen LogP) is 19.6. The van der Waals surface area contributed by atoms with Gasteiger partial charge in [-0.1, -0.05) is 161 Å². The molecule has 550 valence electrons. The summed E-state index contributed by atoms with van der Waals surface area (Å²) in [6.45, 7) is 8.55. The van der Waals surface area contributed by atoms with Gasteiger partial charge in [0.25, 0.3) is 5.91 Å². The average Bonchev–Trinajstić information content (AvgIpc) is 0.869. The van der Waals surface area contributed by atoms with Crippen LogP contribution < -0.4 is 27.0 Å². The molecule has 0 unspecified atom stereocenters. The number of carbonyl (C=O) groups excluding carboxylic acids is 3. The van der Waals surface area contributed by atoms with E-state index in [1.54, 1.807) is 97.6 Å². The van der Waals surface area contributed by atoms with Gasteiger partial charge in [0.05, 0.1) is 37.5 Å². The molecule has 0 spiro atoms. The predicted molar refractivity (Wildman–Crippen MR) is 434 cm³/mol. The molecule has 0 aliphatic heterocycles. The molecule has 8 N–H and O–H groups in total. The van der Waals surface area contributed by atoms with Gasteiger partial charge in [0, 0.05) is 59.6 Å². The van der Waals surface area contributed by atoms with E-state index >= 15 is 0 Å².